The molecule has 0 unspecified atom stereocenters. The number of nitrogens with zero attached hydrogens (tertiary/aromatic N) is 1. The predicted octanol–water partition coefficient (Wildman–Crippen LogP) is 6.55. The van der Waals surface area contributed by atoms with Crippen LogP contribution in [0.15, 0.2) is 59.6 Å². The zero-order valence-electron chi connectivity index (χ0n) is 24.9. The molecule has 0 amide bonds. The molecule has 4 aromatic rings. The quantitative estimate of drug-likeness (QED) is 0.238. The lowest BCUT2D eigenvalue weighted by Gasteiger charge is -2.43. The third-order valence-electron chi connectivity index (χ3n) is 8.40. The van der Waals surface area contributed by atoms with Crippen LogP contribution in [0.25, 0.3) is 22.0 Å². The SMILES string of the molecule is CCN(CC)S(=O)(=O)c1cccc(C#Cc2c(-c3cccc4c(C)c[nH]c34)cc(C)c3c2[C@H](C)[C@@H](O)C(C)(C)N3)c1. The van der Waals surface area contributed by atoms with Crippen molar-refractivity contribution in [3.8, 4) is 23.0 Å². The Hall–Kier alpha value is -3.57. The Bertz CT molecular complexity index is 1800. The molecule has 41 heavy (non-hydrogen) atoms. The number of para-hydroxylation sites is 1. The Morgan fingerprint density at radius 2 is 1.68 bits per heavy atom. The molecule has 2 heterocycles. The lowest BCUT2D eigenvalue weighted by Crippen LogP contribution is -2.50. The fourth-order valence-corrected chi connectivity index (χ4v) is 7.60. The average Bonchev–Trinajstić information content (AvgIpc) is 3.33. The molecule has 3 N–H and O–H groups in total. The Morgan fingerprint density at radius 3 is 2.39 bits per heavy atom. The van der Waals surface area contributed by atoms with E-state index in [0.29, 0.717) is 18.7 Å². The number of benzene rings is 3. The number of aliphatic hydroxyl groups is 1. The lowest BCUT2D eigenvalue weighted by molar-refractivity contribution is 0.0868. The number of rotatable bonds is 5. The summed E-state index contributed by atoms with van der Waals surface area (Å²) in [4.78, 5) is 3.68. The Morgan fingerprint density at radius 1 is 0.976 bits per heavy atom. The van der Waals surface area contributed by atoms with Gasteiger partial charge in [0, 0.05) is 58.5 Å². The number of nitrogens with one attached hydrogen (secondary N) is 2. The second-order valence-corrected chi connectivity index (χ2v) is 13.5. The van der Waals surface area contributed by atoms with Gasteiger partial charge in [-0.1, -0.05) is 56.9 Å². The van der Waals surface area contributed by atoms with E-state index < -0.39 is 21.7 Å². The molecule has 0 spiro atoms. The minimum atomic E-state index is -3.61. The summed E-state index contributed by atoms with van der Waals surface area (Å²) in [6, 6.07) is 15.3. The van der Waals surface area contributed by atoms with Crippen LogP contribution in [-0.4, -0.2) is 47.5 Å². The molecular formula is C34H39N3O3S. The van der Waals surface area contributed by atoms with Crippen LogP contribution in [0.1, 0.15) is 68.4 Å². The maximum atomic E-state index is 13.2. The monoisotopic (exact) mass is 569 g/mol. The van der Waals surface area contributed by atoms with Crippen molar-refractivity contribution in [3.05, 3.63) is 82.5 Å². The highest BCUT2D eigenvalue weighted by atomic mass is 32.2. The van der Waals surface area contributed by atoms with Gasteiger partial charge in [-0.15, -0.1) is 0 Å². The fourth-order valence-electron chi connectivity index (χ4n) is 6.09. The molecule has 1 aliphatic rings. The van der Waals surface area contributed by atoms with E-state index in [1.807, 2.05) is 40.0 Å². The normalized spacial score (nSPS) is 18.1. The standard InChI is InChI=1S/C34H39N3O3S/c1-8-37(9-2)41(39,40)25-13-10-12-24(19-25)16-17-27-29(28-15-11-14-26-22(4)20-35-32(26)28)18-21(3)31-30(27)23(5)33(38)34(6,7)36-31/h10-15,18-20,23,33,35-36,38H,8-9H2,1-7H3/t23-,33+/m0/s1. The molecule has 0 radical (unpaired) electrons. The van der Waals surface area contributed by atoms with Crippen molar-refractivity contribution in [3.63, 3.8) is 0 Å². The molecule has 5 rings (SSSR count). The topological polar surface area (TPSA) is 85.4 Å². The van der Waals surface area contributed by atoms with E-state index in [-0.39, 0.29) is 10.8 Å². The van der Waals surface area contributed by atoms with Crippen LogP contribution in [0.4, 0.5) is 5.69 Å². The van der Waals surface area contributed by atoms with E-state index in [1.165, 1.54) is 9.87 Å². The fraction of sp³-hybridized carbons (Fsp3) is 0.353. The minimum absolute atomic E-state index is 0.178. The number of aliphatic hydroxyl groups excluding tert-OH is 1. The van der Waals surface area contributed by atoms with Gasteiger partial charge in [0.1, 0.15) is 0 Å². The van der Waals surface area contributed by atoms with Crippen molar-refractivity contribution in [2.45, 2.75) is 70.9 Å². The lowest BCUT2D eigenvalue weighted by atomic mass is 9.75. The molecule has 1 aliphatic heterocycles. The molecule has 1 aromatic heterocycles. The molecule has 2 atom stereocenters. The highest BCUT2D eigenvalue weighted by Crippen LogP contribution is 2.46. The second kappa shape index (κ2) is 10.7. The molecule has 3 aromatic carbocycles. The van der Waals surface area contributed by atoms with Gasteiger partial charge in [0.2, 0.25) is 10.0 Å². The number of aromatic amines is 1. The molecule has 0 aliphatic carbocycles. The number of sulfonamides is 1. The van der Waals surface area contributed by atoms with Crippen molar-refractivity contribution in [1.29, 1.82) is 0 Å². The van der Waals surface area contributed by atoms with Crippen molar-refractivity contribution in [1.82, 2.24) is 9.29 Å². The van der Waals surface area contributed by atoms with Gasteiger partial charge in [-0.25, -0.2) is 8.42 Å². The van der Waals surface area contributed by atoms with Gasteiger partial charge in [0.05, 0.1) is 22.1 Å². The minimum Gasteiger partial charge on any atom is -0.390 e. The van der Waals surface area contributed by atoms with Crippen molar-refractivity contribution in [2.75, 3.05) is 18.4 Å². The maximum absolute atomic E-state index is 13.2. The maximum Gasteiger partial charge on any atom is 0.243 e. The van der Waals surface area contributed by atoms with Gasteiger partial charge in [0.15, 0.2) is 0 Å². The number of anilines is 1. The molecule has 0 bridgehead atoms. The summed E-state index contributed by atoms with van der Waals surface area (Å²) in [5, 5.41) is 16.1. The zero-order valence-corrected chi connectivity index (χ0v) is 25.7. The largest absolute Gasteiger partial charge is 0.390 e. The van der Waals surface area contributed by atoms with E-state index in [1.54, 1.807) is 18.2 Å². The molecule has 7 heteroatoms. The highest BCUT2D eigenvalue weighted by molar-refractivity contribution is 7.89. The van der Waals surface area contributed by atoms with E-state index >= 15 is 0 Å². The number of fused-ring (bicyclic) bond motifs is 2. The van der Waals surface area contributed by atoms with Gasteiger partial charge in [0.25, 0.3) is 0 Å². The van der Waals surface area contributed by atoms with E-state index in [0.717, 1.165) is 44.4 Å². The summed E-state index contributed by atoms with van der Waals surface area (Å²) in [5.41, 5.74) is 8.22. The van der Waals surface area contributed by atoms with Crippen LogP contribution < -0.4 is 5.32 Å². The van der Waals surface area contributed by atoms with Crippen LogP contribution in [0.5, 0.6) is 0 Å². The first-order valence-electron chi connectivity index (χ1n) is 14.2. The second-order valence-electron chi connectivity index (χ2n) is 11.6. The molecular weight excluding hydrogens is 530 g/mol. The molecule has 0 saturated heterocycles. The Kier molecular flexibility index (Phi) is 7.54. The number of hydrogen-bond donors (Lipinski definition) is 3. The first-order chi connectivity index (χ1) is 19.4. The van der Waals surface area contributed by atoms with Crippen molar-refractivity contribution >= 4 is 26.6 Å². The van der Waals surface area contributed by atoms with Crippen LogP contribution in [0.2, 0.25) is 0 Å². The van der Waals surface area contributed by atoms with Crippen molar-refractivity contribution in [2.24, 2.45) is 0 Å². The van der Waals surface area contributed by atoms with E-state index in [2.05, 4.69) is 67.2 Å². The summed E-state index contributed by atoms with van der Waals surface area (Å²) in [6.45, 7) is 14.7. The summed E-state index contributed by atoms with van der Waals surface area (Å²) < 4.78 is 27.8. The van der Waals surface area contributed by atoms with E-state index in [9.17, 15) is 13.5 Å². The molecule has 214 valence electrons. The predicted molar refractivity (Wildman–Crippen MR) is 168 cm³/mol. The van der Waals surface area contributed by atoms with E-state index in [4.69, 9.17) is 0 Å². The Labute approximate surface area is 243 Å². The number of hydrogen-bond acceptors (Lipinski definition) is 4. The van der Waals surface area contributed by atoms with Crippen molar-refractivity contribution < 1.29 is 13.5 Å². The van der Waals surface area contributed by atoms with Gasteiger partial charge >= 0.3 is 0 Å². The van der Waals surface area contributed by atoms with Gasteiger partial charge in [-0.3, -0.25) is 0 Å². The van der Waals surface area contributed by atoms with Crippen LogP contribution in [-0.2, 0) is 10.0 Å². The third kappa shape index (κ3) is 4.95. The number of H-pyrrole nitrogens is 1. The van der Waals surface area contributed by atoms with Crippen LogP contribution >= 0.6 is 0 Å². The average molecular weight is 570 g/mol. The highest BCUT2D eigenvalue weighted by Gasteiger charge is 2.41. The van der Waals surface area contributed by atoms with Crippen LogP contribution in [0.3, 0.4) is 0 Å². The Balaban J connectivity index is 1.75. The van der Waals surface area contributed by atoms with Gasteiger partial charge in [-0.05, 0) is 68.7 Å². The molecule has 0 fully saturated rings. The van der Waals surface area contributed by atoms with Gasteiger partial charge < -0.3 is 15.4 Å². The summed E-state index contributed by atoms with van der Waals surface area (Å²) in [5.74, 6) is 6.55. The number of aryl methyl sites for hydroxylation is 2. The third-order valence-corrected chi connectivity index (χ3v) is 10.4. The number of aromatic nitrogens is 1. The van der Waals surface area contributed by atoms with Crippen LogP contribution in [0, 0.1) is 25.7 Å². The molecule has 6 nitrogen and oxygen atoms in total. The first-order valence-corrected chi connectivity index (χ1v) is 15.7. The summed E-state index contributed by atoms with van der Waals surface area (Å²) >= 11 is 0. The van der Waals surface area contributed by atoms with Gasteiger partial charge in [-0.2, -0.15) is 4.31 Å². The molecule has 0 saturated carbocycles. The smallest absolute Gasteiger partial charge is 0.243 e. The first kappa shape index (κ1) is 28.9. The summed E-state index contributed by atoms with van der Waals surface area (Å²) in [6.07, 6.45) is 1.39. The summed E-state index contributed by atoms with van der Waals surface area (Å²) in [7, 11) is -3.61. The zero-order chi connectivity index (χ0) is 29.7.